The summed E-state index contributed by atoms with van der Waals surface area (Å²) < 4.78 is 6.69. The van der Waals surface area contributed by atoms with Crippen LogP contribution in [-0.2, 0) is 9.53 Å². The summed E-state index contributed by atoms with van der Waals surface area (Å²) in [5.74, 6) is 1.31. The summed E-state index contributed by atoms with van der Waals surface area (Å²) in [4.78, 5) is 24.6. The van der Waals surface area contributed by atoms with E-state index in [1.165, 1.54) is 12.5 Å². The molecule has 1 saturated heterocycles. The standard InChI is InChI=1S/C31H36N6O2/c1-22(38)33-19-20-34-30-26-21-27(35-31(26)37-29(36-30)24-12-6-3-7-13-24)28(39-25-15-17-32-18-16-25)14-8-11-23-9-4-2-5-10-23/h2-13,21,25,28,32H,14-20H2,1H3,(H,33,38)(H2,34,35,36,37). The zero-order valence-electron chi connectivity index (χ0n) is 22.3. The number of aromatic amines is 1. The number of rotatable bonds is 11. The Balaban J connectivity index is 1.46. The maximum Gasteiger partial charge on any atom is 0.216 e. The van der Waals surface area contributed by atoms with Crippen molar-refractivity contribution in [2.45, 2.75) is 38.4 Å². The third kappa shape index (κ3) is 7.31. The lowest BCUT2D eigenvalue weighted by atomic mass is 10.1. The first-order valence-electron chi connectivity index (χ1n) is 13.7. The van der Waals surface area contributed by atoms with Crippen LogP contribution in [0.25, 0.3) is 28.5 Å². The van der Waals surface area contributed by atoms with Crippen molar-refractivity contribution in [2.24, 2.45) is 0 Å². The van der Waals surface area contributed by atoms with Gasteiger partial charge >= 0.3 is 0 Å². The van der Waals surface area contributed by atoms with E-state index in [0.717, 1.165) is 60.5 Å². The minimum absolute atomic E-state index is 0.0556. The predicted octanol–water partition coefficient (Wildman–Crippen LogP) is 5.09. The second-order valence-corrected chi connectivity index (χ2v) is 9.78. The zero-order chi connectivity index (χ0) is 26.9. The van der Waals surface area contributed by atoms with E-state index in [9.17, 15) is 4.79 Å². The van der Waals surface area contributed by atoms with Crippen LogP contribution in [0.4, 0.5) is 5.82 Å². The fourth-order valence-corrected chi connectivity index (χ4v) is 4.79. The Morgan fingerprint density at radius 3 is 2.54 bits per heavy atom. The summed E-state index contributed by atoms with van der Waals surface area (Å²) in [6.07, 6.45) is 7.10. The average Bonchev–Trinajstić information content (AvgIpc) is 3.41. The maximum absolute atomic E-state index is 11.3. The van der Waals surface area contributed by atoms with Gasteiger partial charge in [0.2, 0.25) is 5.91 Å². The number of nitrogens with one attached hydrogen (secondary N) is 4. The number of carbonyl (C=O) groups excluding carboxylic acids is 1. The summed E-state index contributed by atoms with van der Waals surface area (Å²) >= 11 is 0. The number of amides is 1. The van der Waals surface area contributed by atoms with Gasteiger partial charge in [-0.15, -0.1) is 0 Å². The normalized spacial score (nSPS) is 15.0. The van der Waals surface area contributed by atoms with E-state index < -0.39 is 0 Å². The number of anilines is 1. The molecule has 3 heterocycles. The largest absolute Gasteiger partial charge is 0.368 e. The topological polar surface area (TPSA) is 104 Å². The molecule has 4 aromatic rings. The summed E-state index contributed by atoms with van der Waals surface area (Å²) in [5.41, 5.74) is 3.84. The molecule has 0 spiro atoms. The molecule has 8 nitrogen and oxygen atoms in total. The van der Waals surface area contributed by atoms with Gasteiger partial charge in [0.25, 0.3) is 0 Å². The van der Waals surface area contributed by atoms with Crippen LogP contribution >= 0.6 is 0 Å². The number of hydrogen-bond acceptors (Lipinski definition) is 6. The van der Waals surface area contributed by atoms with Gasteiger partial charge in [-0.1, -0.05) is 72.8 Å². The third-order valence-electron chi connectivity index (χ3n) is 6.78. The lowest BCUT2D eigenvalue weighted by molar-refractivity contribution is -0.118. The number of carbonyl (C=O) groups is 1. The Morgan fingerprint density at radius 2 is 1.79 bits per heavy atom. The molecule has 1 aliphatic rings. The van der Waals surface area contributed by atoms with Crippen molar-refractivity contribution in [3.8, 4) is 11.4 Å². The SMILES string of the molecule is CC(=O)NCCNc1nc(-c2ccccc2)nc2[nH]c(C(CC=Cc3ccccc3)OC3CCNCC3)cc12. The van der Waals surface area contributed by atoms with Crippen molar-refractivity contribution in [3.63, 3.8) is 0 Å². The first kappa shape index (κ1) is 26.6. The highest BCUT2D eigenvalue weighted by Crippen LogP contribution is 2.32. The van der Waals surface area contributed by atoms with Crippen molar-refractivity contribution in [3.05, 3.63) is 84.1 Å². The Kier molecular flexibility index (Phi) is 8.98. The molecule has 39 heavy (non-hydrogen) atoms. The number of H-pyrrole nitrogens is 1. The van der Waals surface area contributed by atoms with Crippen molar-refractivity contribution in [2.75, 3.05) is 31.5 Å². The second-order valence-electron chi connectivity index (χ2n) is 9.78. The van der Waals surface area contributed by atoms with Gasteiger partial charge in [0, 0.05) is 31.3 Å². The number of fused-ring (bicyclic) bond motifs is 1. The molecule has 1 atom stereocenters. The van der Waals surface area contributed by atoms with E-state index in [4.69, 9.17) is 14.7 Å². The first-order valence-corrected chi connectivity index (χ1v) is 13.7. The van der Waals surface area contributed by atoms with Crippen LogP contribution in [0.5, 0.6) is 0 Å². The number of benzene rings is 2. The summed E-state index contributed by atoms with van der Waals surface area (Å²) in [7, 11) is 0. The van der Waals surface area contributed by atoms with Crippen LogP contribution in [0, 0.1) is 0 Å². The average molecular weight is 525 g/mol. The van der Waals surface area contributed by atoms with E-state index in [2.05, 4.69) is 51.3 Å². The number of ether oxygens (including phenoxy) is 1. The van der Waals surface area contributed by atoms with E-state index >= 15 is 0 Å². The molecular formula is C31H36N6O2. The maximum atomic E-state index is 11.3. The van der Waals surface area contributed by atoms with Gasteiger partial charge in [-0.2, -0.15) is 0 Å². The highest BCUT2D eigenvalue weighted by Gasteiger charge is 2.23. The van der Waals surface area contributed by atoms with Crippen LogP contribution in [0.15, 0.2) is 72.8 Å². The molecule has 0 radical (unpaired) electrons. The number of nitrogens with zero attached hydrogens (tertiary/aromatic N) is 2. The molecule has 1 fully saturated rings. The van der Waals surface area contributed by atoms with E-state index in [1.807, 2.05) is 48.5 Å². The Labute approximate surface area is 229 Å². The minimum atomic E-state index is -0.144. The number of piperidine rings is 1. The van der Waals surface area contributed by atoms with Gasteiger partial charge in [0.1, 0.15) is 17.6 Å². The fraction of sp³-hybridized carbons (Fsp3) is 0.323. The van der Waals surface area contributed by atoms with Crippen molar-refractivity contribution in [1.29, 1.82) is 0 Å². The highest BCUT2D eigenvalue weighted by molar-refractivity contribution is 5.89. The zero-order valence-corrected chi connectivity index (χ0v) is 22.3. The minimum Gasteiger partial charge on any atom is -0.368 e. The van der Waals surface area contributed by atoms with Crippen LogP contribution in [0.1, 0.15) is 43.5 Å². The monoisotopic (exact) mass is 524 g/mol. The lowest BCUT2D eigenvalue weighted by Gasteiger charge is -2.27. The molecule has 202 valence electrons. The van der Waals surface area contributed by atoms with Gasteiger partial charge in [-0.25, -0.2) is 9.97 Å². The van der Waals surface area contributed by atoms with Gasteiger partial charge in [-0.05, 0) is 44.0 Å². The molecule has 0 bridgehead atoms. The lowest BCUT2D eigenvalue weighted by Crippen LogP contribution is -2.33. The quantitative estimate of drug-likeness (QED) is 0.204. The van der Waals surface area contributed by atoms with Crippen LogP contribution in [0.3, 0.4) is 0 Å². The molecule has 2 aromatic heterocycles. The van der Waals surface area contributed by atoms with Gasteiger partial charge in [0.05, 0.1) is 11.5 Å². The van der Waals surface area contributed by atoms with E-state index in [-0.39, 0.29) is 18.1 Å². The van der Waals surface area contributed by atoms with Crippen LogP contribution in [0.2, 0.25) is 0 Å². The molecule has 1 amide bonds. The highest BCUT2D eigenvalue weighted by atomic mass is 16.5. The molecule has 5 rings (SSSR count). The van der Waals surface area contributed by atoms with E-state index in [1.54, 1.807) is 0 Å². The number of hydrogen-bond donors (Lipinski definition) is 4. The molecule has 8 heteroatoms. The third-order valence-corrected chi connectivity index (χ3v) is 6.78. The first-order chi connectivity index (χ1) is 19.2. The smallest absolute Gasteiger partial charge is 0.216 e. The summed E-state index contributed by atoms with van der Waals surface area (Å²) in [6, 6.07) is 22.4. The van der Waals surface area contributed by atoms with Crippen molar-refractivity contribution >= 4 is 28.8 Å². The second kappa shape index (κ2) is 13.2. The molecular weight excluding hydrogens is 488 g/mol. The van der Waals surface area contributed by atoms with Gasteiger partial charge in [0.15, 0.2) is 5.82 Å². The summed E-state index contributed by atoms with van der Waals surface area (Å²) in [6.45, 7) is 4.51. The van der Waals surface area contributed by atoms with Crippen molar-refractivity contribution < 1.29 is 9.53 Å². The van der Waals surface area contributed by atoms with Crippen molar-refractivity contribution in [1.82, 2.24) is 25.6 Å². The van der Waals surface area contributed by atoms with E-state index in [0.29, 0.717) is 18.9 Å². The molecule has 1 unspecified atom stereocenters. The van der Waals surface area contributed by atoms with Gasteiger partial charge in [-0.3, -0.25) is 4.79 Å². The molecule has 4 N–H and O–H groups in total. The molecule has 0 saturated carbocycles. The molecule has 2 aromatic carbocycles. The van der Waals surface area contributed by atoms with Crippen LogP contribution < -0.4 is 16.0 Å². The van der Waals surface area contributed by atoms with Crippen LogP contribution in [-0.4, -0.2) is 53.1 Å². The predicted molar refractivity (Wildman–Crippen MR) is 156 cm³/mol. The Hall–Kier alpha value is -4.01. The molecule has 1 aliphatic heterocycles. The molecule has 0 aliphatic carbocycles. The number of aromatic nitrogens is 3. The van der Waals surface area contributed by atoms with Gasteiger partial charge < -0.3 is 25.7 Å². The Bertz CT molecular complexity index is 1380. The summed E-state index contributed by atoms with van der Waals surface area (Å²) in [5, 5.41) is 10.6. The fourth-order valence-electron chi connectivity index (χ4n) is 4.79. The Morgan fingerprint density at radius 1 is 1.05 bits per heavy atom.